The lowest BCUT2D eigenvalue weighted by Crippen LogP contribution is -2.23. The second kappa shape index (κ2) is 6.29. The first-order valence-electron chi connectivity index (χ1n) is 5.57. The minimum Gasteiger partial charge on any atom is -0.396 e. The van der Waals surface area contributed by atoms with Crippen molar-refractivity contribution in [3.8, 4) is 0 Å². The number of hydrogen-bond donors (Lipinski definition) is 1. The molecule has 14 heavy (non-hydrogen) atoms. The highest BCUT2D eigenvalue weighted by Crippen LogP contribution is 2.46. The zero-order valence-electron chi connectivity index (χ0n) is 9.29. The number of thioether (sulfide) groups is 2. The van der Waals surface area contributed by atoms with Crippen molar-refractivity contribution >= 4 is 23.5 Å². The highest BCUT2D eigenvalue weighted by Gasteiger charge is 2.28. The van der Waals surface area contributed by atoms with Gasteiger partial charge >= 0.3 is 0 Å². The fourth-order valence-electron chi connectivity index (χ4n) is 1.79. The Balaban J connectivity index is 2.12. The number of aliphatic hydroxyl groups excluding tert-OH is 1. The van der Waals surface area contributed by atoms with Gasteiger partial charge in [-0.15, -0.1) is 23.5 Å². The van der Waals surface area contributed by atoms with Crippen molar-refractivity contribution in [3.05, 3.63) is 0 Å². The number of aliphatic hydroxyl groups is 1. The maximum Gasteiger partial charge on any atom is 0.0557 e. The zero-order chi connectivity index (χ0) is 10.4. The van der Waals surface area contributed by atoms with Crippen molar-refractivity contribution in [2.75, 3.05) is 12.4 Å². The van der Waals surface area contributed by atoms with Crippen molar-refractivity contribution in [1.29, 1.82) is 0 Å². The monoisotopic (exact) mass is 234 g/mol. The summed E-state index contributed by atoms with van der Waals surface area (Å²) < 4.78 is 0.430. The third-order valence-corrected chi connectivity index (χ3v) is 5.67. The van der Waals surface area contributed by atoms with E-state index in [1.54, 1.807) is 0 Å². The summed E-state index contributed by atoms with van der Waals surface area (Å²) in [5.41, 5.74) is 0. The Kier molecular flexibility index (Phi) is 5.72. The van der Waals surface area contributed by atoms with Crippen LogP contribution >= 0.6 is 23.5 Å². The molecule has 1 fully saturated rings. The summed E-state index contributed by atoms with van der Waals surface area (Å²) in [5, 5.41) is 9.54. The molecule has 1 heterocycles. The van der Waals surface area contributed by atoms with Crippen LogP contribution in [0.5, 0.6) is 0 Å². The van der Waals surface area contributed by atoms with E-state index >= 15 is 0 Å². The molecule has 1 N–H and O–H groups in total. The molecule has 1 atom stereocenters. The van der Waals surface area contributed by atoms with E-state index in [0.29, 0.717) is 10.7 Å². The Morgan fingerprint density at radius 3 is 2.71 bits per heavy atom. The maximum absolute atomic E-state index is 8.68. The summed E-state index contributed by atoms with van der Waals surface area (Å²) in [6.07, 6.45) is 6.18. The Bertz CT molecular complexity index is 159. The lowest BCUT2D eigenvalue weighted by Gasteiger charge is -2.34. The molecule has 0 bridgehead atoms. The molecule has 0 aliphatic carbocycles. The summed E-state index contributed by atoms with van der Waals surface area (Å²) in [5.74, 6) is 1.32. The van der Waals surface area contributed by atoms with E-state index in [4.69, 9.17) is 5.11 Å². The molecule has 1 unspecified atom stereocenters. The topological polar surface area (TPSA) is 20.2 Å². The molecular formula is C11H22OS2. The second-order valence-electron chi connectivity index (χ2n) is 4.35. The van der Waals surface area contributed by atoms with Crippen LogP contribution in [0.3, 0.4) is 0 Å². The lowest BCUT2D eigenvalue weighted by atomic mass is 10.1. The molecule has 0 saturated carbocycles. The first-order valence-corrected chi connectivity index (χ1v) is 7.43. The molecule has 1 saturated heterocycles. The minimum absolute atomic E-state index is 0.360. The minimum atomic E-state index is 0.360. The summed E-state index contributed by atoms with van der Waals surface area (Å²) in [6, 6.07) is 0. The fraction of sp³-hybridized carbons (Fsp3) is 1.00. The van der Waals surface area contributed by atoms with Crippen LogP contribution in [0.15, 0.2) is 0 Å². The Morgan fingerprint density at radius 2 is 2.07 bits per heavy atom. The van der Waals surface area contributed by atoms with Gasteiger partial charge in [-0.25, -0.2) is 0 Å². The molecule has 1 rings (SSSR count). The van der Waals surface area contributed by atoms with Gasteiger partial charge in [0.15, 0.2) is 0 Å². The number of rotatable bonds is 5. The van der Waals surface area contributed by atoms with Crippen LogP contribution in [-0.4, -0.2) is 26.8 Å². The summed E-state index contributed by atoms with van der Waals surface area (Å²) in [7, 11) is 0. The molecule has 0 radical (unpaired) electrons. The van der Waals surface area contributed by atoms with E-state index in [1.807, 2.05) is 0 Å². The third kappa shape index (κ3) is 4.94. The highest BCUT2D eigenvalue weighted by atomic mass is 32.2. The van der Waals surface area contributed by atoms with E-state index in [-0.39, 0.29) is 0 Å². The Labute approximate surface area is 96.4 Å². The number of unbranched alkanes of at least 4 members (excludes halogenated alkanes) is 2. The standard InChI is InChI=1S/C11H22OS2/c1-11(2)13-9-7-10(14-11)6-4-3-5-8-12/h10,12H,3-9H2,1-2H3. The smallest absolute Gasteiger partial charge is 0.0557 e. The number of hydrogen-bond acceptors (Lipinski definition) is 3. The molecule has 3 heteroatoms. The summed E-state index contributed by atoms with van der Waals surface area (Å²) >= 11 is 4.24. The third-order valence-electron chi connectivity index (χ3n) is 2.52. The van der Waals surface area contributed by atoms with E-state index < -0.39 is 0 Å². The SMILES string of the molecule is CC1(C)SCCC(CCCCCO)S1. The highest BCUT2D eigenvalue weighted by molar-refractivity contribution is 8.19. The molecular weight excluding hydrogens is 212 g/mol. The normalized spacial score (nSPS) is 26.4. The molecule has 0 spiro atoms. The van der Waals surface area contributed by atoms with Crippen LogP contribution in [-0.2, 0) is 0 Å². The van der Waals surface area contributed by atoms with Gasteiger partial charge in [-0.1, -0.05) is 12.8 Å². The summed E-state index contributed by atoms with van der Waals surface area (Å²) in [6.45, 7) is 5.03. The molecule has 1 aliphatic rings. The lowest BCUT2D eigenvalue weighted by molar-refractivity contribution is 0.282. The van der Waals surface area contributed by atoms with E-state index in [0.717, 1.165) is 11.7 Å². The molecule has 0 aromatic heterocycles. The summed E-state index contributed by atoms with van der Waals surface area (Å²) in [4.78, 5) is 0. The molecule has 1 aliphatic heterocycles. The van der Waals surface area contributed by atoms with Gasteiger partial charge < -0.3 is 5.11 Å². The van der Waals surface area contributed by atoms with Gasteiger partial charge in [0.1, 0.15) is 0 Å². The van der Waals surface area contributed by atoms with Gasteiger partial charge in [0, 0.05) is 11.9 Å². The van der Waals surface area contributed by atoms with Crippen molar-refractivity contribution in [1.82, 2.24) is 0 Å². The Hall–Kier alpha value is 0.660. The van der Waals surface area contributed by atoms with Crippen molar-refractivity contribution in [2.45, 2.75) is 55.3 Å². The van der Waals surface area contributed by atoms with Crippen LogP contribution < -0.4 is 0 Å². The van der Waals surface area contributed by atoms with Crippen molar-refractivity contribution in [2.24, 2.45) is 0 Å². The molecule has 0 aromatic carbocycles. The van der Waals surface area contributed by atoms with Gasteiger partial charge in [-0.05, 0) is 38.9 Å². The molecule has 0 aromatic rings. The average molecular weight is 234 g/mol. The van der Waals surface area contributed by atoms with Crippen molar-refractivity contribution in [3.63, 3.8) is 0 Å². The van der Waals surface area contributed by atoms with E-state index in [1.165, 1.54) is 31.4 Å². The molecule has 84 valence electrons. The first kappa shape index (κ1) is 12.7. The fourth-order valence-corrected chi connectivity index (χ4v) is 5.09. The molecule has 0 amide bonds. The molecule has 1 nitrogen and oxygen atoms in total. The average Bonchev–Trinajstić information content (AvgIpc) is 2.11. The van der Waals surface area contributed by atoms with Gasteiger partial charge in [-0.3, -0.25) is 0 Å². The van der Waals surface area contributed by atoms with Crippen molar-refractivity contribution < 1.29 is 5.11 Å². The van der Waals surface area contributed by atoms with Gasteiger partial charge in [0.25, 0.3) is 0 Å². The van der Waals surface area contributed by atoms with Crippen LogP contribution in [0.1, 0.15) is 46.0 Å². The first-order chi connectivity index (χ1) is 6.64. The predicted octanol–water partition coefficient (Wildman–Crippen LogP) is 3.51. The maximum atomic E-state index is 8.68. The van der Waals surface area contributed by atoms with Crippen LogP contribution in [0, 0.1) is 0 Å². The van der Waals surface area contributed by atoms with Gasteiger partial charge in [0.2, 0.25) is 0 Å². The van der Waals surface area contributed by atoms with Gasteiger partial charge in [0.05, 0.1) is 4.08 Å². The quantitative estimate of drug-likeness (QED) is 0.735. The predicted molar refractivity (Wildman–Crippen MR) is 68.1 cm³/mol. The zero-order valence-corrected chi connectivity index (χ0v) is 10.9. The Morgan fingerprint density at radius 1 is 1.29 bits per heavy atom. The largest absolute Gasteiger partial charge is 0.396 e. The van der Waals surface area contributed by atoms with E-state index in [9.17, 15) is 0 Å². The van der Waals surface area contributed by atoms with Crippen LogP contribution in [0.2, 0.25) is 0 Å². The van der Waals surface area contributed by atoms with Crippen LogP contribution in [0.4, 0.5) is 0 Å². The van der Waals surface area contributed by atoms with E-state index in [2.05, 4.69) is 37.4 Å². The second-order valence-corrected chi connectivity index (χ2v) is 8.25. The van der Waals surface area contributed by atoms with Gasteiger partial charge in [-0.2, -0.15) is 0 Å². The van der Waals surface area contributed by atoms with Crippen LogP contribution in [0.25, 0.3) is 0 Å².